The molecule has 19 heavy (non-hydrogen) atoms. The third kappa shape index (κ3) is 5.04. The quantitative estimate of drug-likeness (QED) is 0.512. The van der Waals surface area contributed by atoms with Gasteiger partial charge in [0.25, 0.3) is 0 Å². The summed E-state index contributed by atoms with van der Waals surface area (Å²) in [7, 11) is 0. The molecular formula is C12H22N2O5. The lowest BCUT2D eigenvalue weighted by atomic mass is 10.1. The Labute approximate surface area is 112 Å². The van der Waals surface area contributed by atoms with Crippen molar-refractivity contribution in [3.8, 4) is 0 Å². The van der Waals surface area contributed by atoms with Crippen LogP contribution in [0.1, 0.15) is 32.1 Å². The van der Waals surface area contributed by atoms with E-state index in [4.69, 9.17) is 15.3 Å². The van der Waals surface area contributed by atoms with Gasteiger partial charge in [-0.15, -0.1) is 0 Å². The molecule has 0 aromatic rings. The van der Waals surface area contributed by atoms with Gasteiger partial charge < -0.3 is 25.5 Å². The highest BCUT2D eigenvalue weighted by Crippen LogP contribution is 2.21. The van der Waals surface area contributed by atoms with E-state index in [0.29, 0.717) is 13.0 Å². The molecule has 7 nitrogen and oxygen atoms in total. The number of aliphatic carboxylic acids is 1. The van der Waals surface area contributed by atoms with Crippen LogP contribution in [0.15, 0.2) is 0 Å². The number of hydrogen-bond donors (Lipinski definition) is 4. The number of aliphatic hydroxyl groups excluding tert-OH is 2. The number of aliphatic hydroxyl groups is 2. The SMILES string of the molecule is O=C(O)[C@@H](O)CCNC(=O)N1CCCC1CCCO. The van der Waals surface area contributed by atoms with Gasteiger partial charge in [-0.25, -0.2) is 9.59 Å². The second-order valence-corrected chi connectivity index (χ2v) is 4.73. The molecule has 1 unspecified atom stereocenters. The summed E-state index contributed by atoms with van der Waals surface area (Å²) in [5.41, 5.74) is 0. The van der Waals surface area contributed by atoms with Crippen LogP contribution in [-0.4, -0.2) is 64.1 Å². The molecule has 1 rings (SSSR count). The second kappa shape index (κ2) is 7.96. The van der Waals surface area contributed by atoms with E-state index in [1.54, 1.807) is 4.90 Å². The van der Waals surface area contributed by atoms with Gasteiger partial charge in [-0.1, -0.05) is 0 Å². The molecule has 1 aliphatic rings. The number of carboxylic acids is 1. The molecule has 1 heterocycles. The van der Waals surface area contributed by atoms with Gasteiger partial charge in [0.1, 0.15) is 0 Å². The van der Waals surface area contributed by atoms with Crippen LogP contribution in [0, 0.1) is 0 Å². The van der Waals surface area contributed by atoms with Crippen LogP contribution in [0.5, 0.6) is 0 Å². The zero-order valence-corrected chi connectivity index (χ0v) is 10.9. The number of nitrogens with zero attached hydrogens (tertiary/aromatic N) is 1. The van der Waals surface area contributed by atoms with Crippen molar-refractivity contribution in [1.29, 1.82) is 0 Å². The first kappa shape index (κ1) is 15.7. The largest absolute Gasteiger partial charge is 0.479 e. The summed E-state index contributed by atoms with van der Waals surface area (Å²) in [5, 5.41) is 29.0. The van der Waals surface area contributed by atoms with Crippen molar-refractivity contribution < 1.29 is 24.9 Å². The summed E-state index contributed by atoms with van der Waals surface area (Å²) < 4.78 is 0. The molecule has 2 atom stereocenters. The Bertz CT molecular complexity index is 310. The first-order chi connectivity index (χ1) is 9.06. The second-order valence-electron chi connectivity index (χ2n) is 4.73. The van der Waals surface area contributed by atoms with E-state index < -0.39 is 12.1 Å². The number of hydrogen-bond acceptors (Lipinski definition) is 4. The van der Waals surface area contributed by atoms with E-state index in [9.17, 15) is 9.59 Å². The summed E-state index contributed by atoms with van der Waals surface area (Å²) in [6.45, 7) is 0.940. The number of nitrogens with one attached hydrogen (secondary N) is 1. The first-order valence-corrected chi connectivity index (χ1v) is 6.62. The molecule has 0 saturated carbocycles. The Morgan fingerprint density at radius 3 is 2.79 bits per heavy atom. The van der Waals surface area contributed by atoms with Crippen molar-refractivity contribution in [3.05, 3.63) is 0 Å². The summed E-state index contributed by atoms with van der Waals surface area (Å²) >= 11 is 0. The zero-order chi connectivity index (χ0) is 14.3. The van der Waals surface area contributed by atoms with Crippen molar-refractivity contribution in [2.75, 3.05) is 19.7 Å². The number of amides is 2. The number of carbonyl (C=O) groups is 2. The van der Waals surface area contributed by atoms with Crippen LogP contribution >= 0.6 is 0 Å². The monoisotopic (exact) mass is 274 g/mol. The molecule has 2 amide bonds. The van der Waals surface area contributed by atoms with E-state index in [-0.39, 0.29) is 31.6 Å². The van der Waals surface area contributed by atoms with Gasteiger partial charge in [0, 0.05) is 32.2 Å². The van der Waals surface area contributed by atoms with Crippen molar-refractivity contribution >= 4 is 12.0 Å². The first-order valence-electron chi connectivity index (χ1n) is 6.62. The molecule has 0 spiro atoms. The number of urea groups is 1. The van der Waals surface area contributed by atoms with Crippen LogP contribution in [0.4, 0.5) is 4.79 Å². The van der Waals surface area contributed by atoms with Crippen LogP contribution in [0.2, 0.25) is 0 Å². The van der Waals surface area contributed by atoms with E-state index in [1.165, 1.54) is 0 Å². The van der Waals surface area contributed by atoms with E-state index >= 15 is 0 Å². The van der Waals surface area contributed by atoms with E-state index in [0.717, 1.165) is 19.3 Å². The van der Waals surface area contributed by atoms with Gasteiger partial charge >= 0.3 is 12.0 Å². The lowest BCUT2D eigenvalue weighted by Crippen LogP contribution is -2.43. The molecule has 4 N–H and O–H groups in total. The van der Waals surface area contributed by atoms with Crippen LogP contribution in [-0.2, 0) is 4.79 Å². The maximum atomic E-state index is 11.9. The molecule has 0 aliphatic carbocycles. The van der Waals surface area contributed by atoms with Crippen molar-refractivity contribution in [2.24, 2.45) is 0 Å². The van der Waals surface area contributed by atoms with Gasteiger partial charge in [0.2, 0.25) is 0 Å². The zero-order valence-electron chi connectivity index (χ0n) is 10.9. The maximum absolute atomic E-state index is 11.9. The molecule has 0 aromatic carbocycles. The third-order valence-corrected chi connectivity index (χ3v) is 3.31. The summed E-state index contributed by atoms with van der Waals surface area (Å²) in [5.74, 6) is -1.28. The molecule has 0 radical (unpaired) electrons. The molecule has 110 valence electrons. The summed E-state index contributed by atoms with van der Waals surface area (Å²) in [6, 6.07) is -0.0745. The van der Waals surface area contributed by atoms with Crippen LogP contribution in [0.3, 0.4) is 0 Å². The van der Waals surface area contributed by atoms with Crippen molar-refractivity contribution in [2.45, 2.75) is 44.2 Å². The Hall–Kier alpha value is -1.34. The topological polar surface area (TPSA) is 110 Å². The van der Waals surface area contributed by atoms with Crippen molar-refractivity contribution in [1.82, 2.24) is 10.2 Å². The number of carbonyl (C=O) groups excluding carboxylic acids is 1. The summed E-state index contributed by atoms with van der Waals surface area (Å²) in [6.07, 6.45) is 1.89. The highest BCUT2D eigenvalue weighted by atomic mass is 16.4. The highest BCUT2D eigenvalue weighted by molar-refractivity contribution is 5.75. The van der Waals surface area contributed by atoms with Gasteiger partial charge in [0.15, 0.2) is 6.10 Å². The molecule has 1 aliphatic heterocycles. The predicted molar refractivity (Wildman–Crippen MR) is 67.7 cm³/mol. The van der Waals surface area contributed by atoms with Crippen molar-refractivity contribution in [3.63, 3.8) is 0 Å². The van der Waals surface area contributed by atoms with Gasteiger partial charge in [-0.2, -0.15) is 0 Å². The third-order valence-electron chi connectivity index (χ3n) is 3.31. The van der Waals surface area contributed by atoms with Gasteiger partial charge in [0.05, 0.1) is 0 Å². The average Bonchev–Trinajstić information content (AvgIpc) is 2.84. The fourth-order valence-electron chi connectivity index (χ4n) is 2.27. The lowest BCUT2D eigenvalue weighted by Gasteiger charge is -2.25. The Morgan fingerprint density at radius 1 is 1.42 bits per heavy atom. The average molecular weight is 274 g/mol. The molecular weight excluding hydrogens is 252 g/mol. The normalized spacial score (nSPS) is 20.3. The molecule has 7 heteroatoms. The molecule has 1 saturated heterocycles. The molecule has 0 bridgehead atoms. The minimum atomic E-state index is -1.44. The van der Waals surface area contributed by atoms with Crippen LogP contribution in [0.25, 0.3) is 0 Å². The predicted octanol–water partition coefficient (Wildman–Crippen LogP) is -0.231. The molecule has 1 fully saturated rings. The Balaban J connectivity index is 2.30. The van der Waals surface area contributed by atoms with E-state index in [1.807, 2.05) is 0 Å². The standard InChI is InChI=1S/C12H22N2O5/c15-8-2-4-9-3-1-7-14(9)12(19)13-6-5-10(16)11(17)18/h9-10,15-16H,1-8H2,(H,13,19)(H,17,18)/t9?,10-/m0/s1. The highest BCUT2D eigenvalue weighted by Gasteiger charge is 2.28. The van der Waals surface area contributed by atoms with Gasteiger partial charge in [-0.3, -0.25) is 0 Å². The Morgan fingerprint density at radius 2 is 2.16 bits per heavy atom. The maximum Gasteiger partial charge on any atom is 0.332 e. The summed E-state index contributed by atoms with van der Waals surface area (Å²) in [4.78, 5) is 24.0. The van der Waals surface area contributed by atoms with E-state index in [2.05, 4.69) is 5.32 Å². The minimum absolute atomic E-state index is 0.00375. The molecule has 0 aromatic heterocycles. The Kier molecular flexibility index (Phi) is 6.58. The fraction of sp³-hybridized carbons (Fsp3) is 0.833. The minimum Gasteiger partial charge on any atom is -0.479 e. The fourth-order valence-corrected chi connectivity index (χ4v) is 2.27. The number of rotatable bonds is 7. The van der Waals surface area contributed by atoms with Gasteiger partial charge in [-0.05, 0) is 25.7 Å². The number of likely N-dealkylation sites (tertiary alicyclic amines) is 1. The van der Waals surface area contributed by atoms with Crippen LogP contribution < -0.4 is 5.32 Å². The number of carboxylic acid groups (broad SMARTS) is 1. The smallest absolute Gasteiger partial charge is 0.332 e. The lowest BCUT2D eigenvalue weighted by molar-refractivity contribution is -0.146.